The van der Waals surface area contributed by atoms with Gasteiger partial charge in [0.2, 0.25) is 0 Å². The molecule has 0 atom stereocenters. The number of methoxy groups -OCH3 is 1. The first-order chi connectivity index (χ1) is 10.8. The summed E-state index contributed by atoms with van der Waals surface area (Å²) in [5.41, 5.74) is 1.49. The first-order valence-corrected chi connectivity index (χ1v) is 7.34. The molecule has 22 heavy (non-hydrogen) atoms. The van der Waals surface area contributed by atoms with Crippen LogP contribution < -0.4 is 15.5 Å². The van der Waals surface area contributed by atoms with Crippen molar-refractivity contribution in [1.29, 1.82) is 0 Å². The third-order valence-corrected chi connectivity index (χ3v) is 2.33. The molecule has 0 aliphatic rings. The molecule has 0 aliphatic heterocycles. The predicted molar refractivity (Wildman–Crippen MR) is 91.1 cm³/mol. The fourth-order valence-corrected chi connectivity index (χ4v) is 1.36. The zero-order valence-electron chi connectivity index (χ0n) is 13.9. The van der Waals surface area contributed by atoms with Gasteiger partial charge in [0, 0.05) is 0 Å². The molecule has 0 spiro atoms. The smallest absolute Gasteiger partial charge is 0.146 e. The van der Waals surface area contributed by atoms with Gasteiger partial charge in [0.15, 0.2) is 0 Å². The highest BCUT2D eigenvalue weighted by atomic mass is 16.6. The maximum Gasteiger partial charge on any atom is 0.146 e. The maximum atomic E-state index is 5.06. The Morgan fingerprint density at radius 1 is 0.682 bits per heavy atom. The summed E-state index contributed by atoms with van der Waals surface area (Å²) in [7, 11) is 1.62. The quantitative estimate of drug-likeness (QED) is 0.606. The second-order valence-corrected chi connectivity index (χ2v) is 3.51. The van der Waals surface area contributed by atoms with Crippen molar-refractivity contribution < 1.29 is 9.57 Å². The molecule has 0 saturated heterocycles. The predicted octanol–water partition coefficient (Wildman–Crippen LogP) is 5.42. The van der Waals surface area contributed by atoms with Crippen molar-refractivity contribution in [3.8, 4) is 11.5 Å². The standard InChI is InChI=1S/C13H13N3O2.2C2H6/c1-17-12-6-2-10(3-7-12)15-16-11-4-8-13(18-14)9-5-11;2*1-2/h2-9H,14H2,1H3;2*1-2H3. The highest BCUT2D eigenvalue weighted by molar-refractivity contribution is 5.44. The molecule has 2 rings (SSSR count). The fraction of sp³-hybridized carbons (Fsp3) is 0.294. The van der Waals surface area contributed by atoms with Crippen LogP contribution in [-0.2, 0) is 0 Å². The van der Waals surface area contributed by atoms with Crippen LogP contribution in [0.2, 0.25) is 0 Å². The Balaban J connectivity index is 0.00000102. The van der Waals surface area contributed by atoms with Crippen LogP contribution in [0, 0.1) is 0 Å². The van der Waals surface area contributed by atoms with Gasteiger partial charge in [-0.15, -0.1) is 0 Å². The SMILES string of the molecule is CC.CC.COc1ccc(N=Nc2ccc(ON)cc2)cc1. The van der Waals surface area contributed by atoms with E-state index in [1.807, 2.05) is 52.0 Å². The van der Waals surface area contributed by atoms with Gasteiger partial charge in [-0.05, 0) is 48.5 Å². The molecule has 0 heterocycles. The Labute approximate surface area is 132 Å². The van der Waals surface area contributed by atoms with E-state index in [0.717, 1.165) is 17.1 Å². The summed E-state index contributed by atoms with van der Waals surface area (Å²) in [6.07, 6.45) is 0. The molecule has 5 nitrogen and oxygen atoms in total. The normalized spacial score (nSPS) is 9.18. The number of rotatable bonds is 4. The van der Waals surface area contributed by atoms with Crippen molar-refractivity contribution in [3.05, 3.63) is 48.5 Å². The van der Waals surface area contributed by atoms with Crippen LogP contribution in [0.25, 0.3) is 0 Å². The number of hydrogen-bond donors (Lipinski definition) is 1. The average molecular weight is 303 g/mol. The number of hydrogen-bond acceptors (Lipinski definition) is 5. The van der Waals surface area contributed by atoms with Gasteiger partial charge < -0.3 is 9.57 Å². The third kappa shape index (κ3) is 6.85. The highest BCUT2D eigenvalue weighted by Crippen LogP contribution is 2.22. The Bertz CT molecular complexity index is 473. The first kappa shape index (κ1) is 19.6. The van der Waals surface area contributed by atoms with Gasteiger partial charge >= 0.3 is 0 Å². The van der Waals surface area contributed by atoms with E-state index in [9.17, 15) is 0 Å². The van der Waals surface area contributed by atoms with Gasteiger partial charge in [0.25, 0.3) is 0 Å². The van der Waals surface area contributed by atoms with Gasteiger partial charge in [0.1, 0.15) is 11.5 Å². The molecule has 2 aromatic rings. The van der Waals surface area contributed by atoms with E-state index in [1.54, 1.807) is 31.4 Å². The Morgan fingerprint density at radius 2 is 1.05 bits per heavy atom. The average Bonchev–Trinajstić information content (AvgIpc) is 2.64. The van der Waals surface area contributed by atoms with Crippen molar-refractivity contribution >= 4 is 11.4 Å². The van der Waals surface area contributed by atoms with Crippen LogP contribution in [0.3, 0.4) is 0 Å². The molecule has 120 valence electrons. The molecule has 0 aliphatic carbocycles. The van der Waals surface area contributed by atoms with Crippen LogP contribution in [0.4, 0.5) is 11.4 Å². The summed E-state index contributed by atoms with van der Waals surface area (Å²) < 4.78 is 5.06. The summed E-state index contributed by atoms with van der Waals surface area (Å²) in [5, 5.41) is 8.20. The second-order valence-electron chi connectivity index (χ2n) is 3.51. The van der Waals surface area contributed by atoms with E-state index in [4.69, 9.17) is 10.6 Å². The molecule has 0 radical (unpaired) electrons. The minimum atomic E-state index is 0.582. The van der Waals surface area contributed by atoms with E-state index in [1.165, 1.54) is 0 Å². The number of benzene rings is 2. The van der Waals surface area contributed by atoms with E-state index < -0.39 is 0 Å². The van der Waals surface area contributed by atoms with E-state index in [2.05, 4.69) is 15.1 Å². The Morgan fingerprint density at radius 3 is 1.36 bits per heavy atom. The second kappa shape index (κ2) is 12.3. The lowest BCUT2D eigenvalue weighted by atomic mass is 10.3. The first-order valence-electron chi connectivity index (χ1n) is 7.34. The molecule has 5 heteroatoms. The summed E-state index contributed by atoms with van der Waals surface area (Å²) in [6.45, 7) is 8.00. The molecule has 0 bridgehead atoms. The molecule has 0 aromatic heterocycles. The highest BCUT2D eigenvalue weighted by Gasteiger charge is 1.94. The summed E-state index contributed by atoms with van der Waals surface area (Å²) in [4.78, 5) is 4.57. The van der Waals surface area contributed by atoms with Gasteiger partial charge in [-0.3, -0.25) is 0 Å². The molecular formula is C17H25N3O2. The Kier molecular flexibility index (Phi) is 11.0. The lowest BCUT2D eigenvalue weighted by molar-refractivity contribution is 0.334. The summed E-state index contributed by atoms with van der Waals surface area (Å²) in [5.74, 6) is 6.40. The van der Waals surface area contributed by atoms with Crippen LogP contribution in [0.15, 0.2) is 58.8 Å². The van der Waals surface area contributed by atoms with Crippen LogP contribution >= 0.6 is 0 Å². The number of ether oxygens (including phenoxy) is 1. The zero-order valence-corrected chi connectivity index (χ0v) is 13.9. The van der Waals surface area contributed by atoms with Crippen LogP contribution in [-0.4, -0.2) is 7.11 Å². The van der Waals surface area contributed by atoms with Gasteiger partial charge in [-0.1, -0.05) is 27.7 Å². The van der Waals surface area contributed by atoms with Crippen molar-refractivity contribution in [2.45, 2.75) is 27.7 Å². The van der Waals surface area contributed by atoms with Crippen molar-refractivity contribution in [1.82, 2.24) is 0 Å². The molecule has 2 aromatic carbocycles. The van der Waals surface area contributed by atoms with Gasteiger partial charge in [-0.2, -0.15) is 16.1 Å². The van der Waals surface area contributed by atoms with Gasteiger partial charge in [0.05, 0.1) is 18.5 Å². The van der Waals surface area contributed by atoms with Gasteiger partial charge in [-0.25, -0.2) is 0 Å². The number of nitrogens with two attached hydrogens (primary N) is 1. The monoisotopic (exact) mass is 303 g/mol. The van der Waals surface area contributed by atoms with Crippen LogP contribution in [0.5, 0.6) is 11.5 Å². The molecule has 0 saturated carbocycles. The van der Waals surface area contributed by atoms with E-state index in [-0.39, 0.29) is 0 Å². The van der Waals surface area contributed by atoms with Crippen molar-refractivity contribution in [3.63, 3.8) is 0 Å². The zero-order chi connectivity index (χ0) is 16.8. The largest absolute Gasteiger partial charge is 0.497 e. The number of azo groups is 1. The molecular weight excluding hydrogens is 278 g/mol. The van der Waals surface area contributed by atoms with Crippen LogP contribution in [0.1, 0.15) is 27.7 Å². The lowest BCUT2D eigenvalue weighted by Gasteiger charge is -1.99. The lowest BCUT2D eigenvalue weighted by Crippen LogP contribution is -2.00. The van der Waals surface area contributed by atoms with E-state index in [0.29, 0.717) is 5.75 Å². The summed E-state index contributed by atoms with van der Waals surface area (Å²) in [6, 6.07) is 14.3. The van der Waals surface area contributed by atoms with E-state index >= 15 is 0 Å². The summed E-state index contributed by atoms with van der Waals surface area (Å²) >= 11 is 0. The molecule has 0 fully saturated rings. The molecule has 2 N–H and O–H groups in total. The fourth-order valence-electron chi connectivity index (χ4n) is 1.36. The maximum absolute atomic E-state index is 5.06. The Hall–Kier alpha value is -2.40. The number of nitrogens with zero attached hydrogens (tertiary/aromatic N) is 2. The minimum Gasteiger partial charge on any atom is -0.497 e. The minimum absolute atomic E-state index is 0.582. The molecule has 0 amide bonds. The molecule has 0 unspecified atom stereocenters. The third-order valence-electron chi connectivity index (χ3n) is 2.33. The topological polar surface area (TPSA) is 69.2 Å². The van der Waals surface area contributed by atoms with Crippen molar-refractivity contribution in [2.24, 2.45) is 16.1 Å². The van der Waals surface area contributed by atoms with Crippen molar-refractivity contribution in [2.75, 3.05) is 7.11 Å².